The lowest BCUT2D eigenvalue weighted by Gasteiger charge is -2.18. The molecule has 1 aromatic heterocycles. The zero-order chi connectivity index (χ0) is 14.4. The maximum absolute atomic E-state index is 12.3. The maximum atomic E-state index is 12.3. The highest BCUT2D eigenvalue weighted by atomic mass is 16.2. The minimum atomic E-state index is -0.410. The van der Waals surface area contributed by atoms with E-state index in [-0.39, 0.29) is 5.91 Å². The number of rotatable bonds is 1. The molecule has 21 heavy (non-hydrogen) atoms. The number of carbonyl (C=O) groups is 2. The van der Waals surface area contributed by atoms with Crippen LogP contribution < -0.4 is 5.32 Å². The molecule has 0 spiro atoms. The van der Waals surface area contributed by atoms with Crippen LogP contribution in [-0.2, 0) is 0 Å². The summed E-state index contributed by atoms with van der Waals surface area (Å²) in [6, 6.07) is 10.8. The van der Waals surface area contributed by atoms with Gasteiger partial charge in [0.25, 0.3) is 11.8 Å². The SMILES string of the molecule is O=C1NC(=O)c2c(-c3ncccn3)ccc3cccc1c23. The van der Waals surface area contributed by atoms with Crippen molar-refractivity contribution >= 4 is 22.6 Å². The second-order valence-corrected chi connectivity index (χ2v) is 4.75. The van der Waals surface area contributed by atoms with E-state index in [1.165, 1.54) is 0 Å². The van der Waals surface area contributed by atoms with Crippen molar-refractivity contribution in [2.75, 3.05) is 0 Å². The Hall–Kier alpha value is -3.08. The normalized spacial score (nSPS) is 13.3. The van der Waals surface area contributed by atoms with E-state index in [1.807, 2.05) is 18.2 Å². The van der Waals surface area contributed by atoms with Gasteiger partial charge in [0.05, 0.1) is 5.56 Å². The summed E-state index contributed by atoms with van der Waals surface area (Å²) in [4.78, 5) is 32.6. The van der Waals surface area contributed by atoms with Crippen molar-refractivity contribution in [2.24, 2.45) is 0 Å². The molecule has 1 aliphatic rings. The highest BCUT2D eigenvalue weighted by molar-refractivity contribution is 6.27. The van der Waals surface area contributed by atoms with Gasteiger partial charge in [-0.3, -0.25) is 14.9 Å². The highest BCUT2D eigenvalue weighted by Crippen LogP contribution is 2.32. The molecule has 5 heteroatoms. The summed E-state index contributed by atoms with van der Waals surface area (Å²) in [7, 11) is 0. The quantitative estimate of drug-likeness (QED) is 0.691. The average Bonchev–Trinajstić information content (AvgIpc) is 2.53. The largest absolute Gasteiger partial charge is 0.288 e. The van der Waals surface area contributed by atoms with Crippen molar-refractivity contribution in [3.05, 3.63) is 59.9 Å². The van der Waals surface area contributed by atoms with Gasteiger partial charge in [-0.2, -0.15) is 0 Å². The molecule has 0 saturated heterocycles. The lowest BCUT2D eigenvalue weighted by molar-refractivity contribution is 0.0845. The third kappa shape index (κ3) is 1.64. The molecule has 3 aromatic rings. The topological polar surface area (TPSA) is 72.0 Å². The van der Waals surface area contributed by atoms with Gasteiger partial charge in [-0.1, -0.05) is 18.2 Å². The number of carbonyl (C=O) groups excluding carboxylic acids is 2. The van der Waals surface area contributed by atoms with E-state index in [9.17, 15) is 9.59 Å². The molecule has 2 heterocycles. The first kappa shape index (κ1) is 11.7. The Morgan fingerprint density at radius 3 is 2.43 bits per heavy atom. The Labute approximate surface area is 119 Å². The van der Waals surface area contributed by atoms with Crippen LogP contribution in [0.25, 0.3) is 22.2 Å². The Kier molecular flexibility index (Phi) is 2.35. The van der Waals surface area contributed by atoms with Crippen LogP contribution in [0.15, 0.2) is 48.8 Å². The van der Waals surface area contributed by atoms with Crippen LogP contribution in [0.5, 0.6) is 0 Å². The van der Waals surface area contributed by atoms with Crippen LogP contribution in [0, 0.1) is 0 Å². The zero-order valence-electron chi connectivity index (χ0n) is 10.8. The van der Waals surface area contributed by atoms with Crippen molar-refractivity contribution in [2.45, 2.75) is 0 Å². The van der Waals surface area contributed by atoms with Crippen LogP contribution in [0.2, 0.25) is 0 Å². The van der Waals surface area contributed by atoms with Crippen molar-refractivity contribution in [1.82, 2.24) is 15.3 Å². The smallest absolute Gasteiger partial charge is 0.259 e. The van der Waals surface area contributed by atoms with Gasteiger partial charge in [-0.25, -0.2) is 9.97 Å². The molecule has 100 valence electrons. The van der Waals surface area contributed by atoms with Crippen molar-refractivity contribution in [3.63, 3.8) is 0 Å². The minimum Gasteiger partial charge on any atom is -0.288 e. The van der Waals surface area contributed by atoms with Gasteiger partial charge in [0.2, 0.25) is 0 Å². The first-order chi connectivity index (χ1) is 10.3. The highest BCUT2D eigenvalue weighted by Gasteiger charge is 2.28. The van der Waals surface area contributed by atoms with E-state index in [2.05, 4.69) is 15.3 Å². The number of aromatic nitrogens is 2. The van der Waals surface area contributed by atoms with Crippen molar-refractivity contribution in [3.8, 4) is 11.4 Å². The molecular formula is C16H9N3O2. The van der Waals surface area contributed by atoms with Crippen molar-refractivity contribution in [1.29, 1.82) is 0 Å². The van der Waals surface area contributed by atoms with E-state index in [1.54, 1.807) is 30.6 Å². The molecule has 0 fully saturated rings. The maximum Gasteiger partial charge on any atom is 0.259 e. The molecule has 2 aromatic carbocycles. The summed E-state index contributed by atoms with van der Waals surface area (Å²) in [6.45, 7) is 0. The second kappa shape index (κ2) is 4.21. The fraction of sp³-hybridized carbons (Fsp3) is 0. The molecule has 2 amide bonds. The minimum absolute atomic E-state index is 0.371. The second-order valence-electron chi connectivity index (χ2n) is 4.75. The molecule has 0 bridgehead atoms. The van der Waals surface area contributed by atoms with Crippen LogP contribution in [-0.4, -0.2) is 21.8 Å². The zero-order valence-corrected chi connectivity index (χ0v) is 10.8. The van der Waals surface area contributed by atoms with Crippen LogP contribution in [0.3, 0.4) is 0 Å². The number of imide groups is 1. The molecule has 0 aliphatic carbocycles. The molecule has 4 rings (SSSR count). The molecule has 0 saturated carbocycles. The number of amides is 2. The number of hydrogen-bond donors (Lipinski definition) is 1. The van der Waals surface area contributed by atoms with Gasteiger partial charge in [0.1, 0.15) is 0 Å². The lowest BCUT2D eigenvalue weighted by Crippen LogP contribution is -2.35. The fourth-order valence-corrected chi connectivity index (χ4v) is 2.66. The number of nitrogens with zero attached hydrogens (tertiary/aromatic N) is 2. The van der Waals surface area contributed by atoms with Crippen LogP contribution in [0.4, 0.5) is 0 Å². The lowest BCUT2D eigenvalue weighted by atomic mass is 9.91. The van der Waals surface area contributed by atoms with Crippen molar-refractivity contribution < 1.29 is 9.59 Å². The van der Waals surface area contributed by atoms with E-state index in [0.717, 1.165) is 5.39 Å². The standard InChI is InChI=1S/C16H9N3O2/c20-15-11-4-1-3-9-5-6-10(14-17-7-2-8-18-14)13(12(9)11)16(21)19-15/h1-8H,(H,19,20,21). The molecule has 5 nitrogen and oxygen atoms in total. The van der Waals surface area contributed by atoms with Gasteiger partial charge >= 0.3 is 0 Å². The van der Waals surface area contributed by atoms with E-state index in [4.69, 9.17) is 0 Å². The van der Waals surface area contributed by atoms with Gasteiger partial charge in [-0.15, -0.1) is 0 Å². The molecular weight excluding hydrogens is 266 g/mol. The van der Waals surface area contributed by atoms with E-state index < -0.39 is 5.91 Å². The molecule has 1 N–H and O–H groups in total. The van der Waals surface area contributed by atoms with E-state index in [0.29, 0.717) is 27.9 Å². The Morgan fingerprint density at radius 1 is 0.810 bits per heavy atom. The first-order valence-corrected chi connectivity index (χ1v) is 6.44. The fourth-order valence-electron chi connectivity index (χ4n) is 2.66. The molecule has 0 atom stereocenters. The number of nitrogens with one attached hydrogen (secondary N) is 1. The summed E-state index contributed by atoms with van der Waals surface area (Å²) in [5, 5.41) is 3.89. The predicted octanol–water partition coefficient (Wildman–Crippen LogP) is 2.18. The summed E-state index contributed by atoms with van der Waals surface area (Å²) in [5.74, 6) is -0.315. The van der Waals surface area contributed by atoms with Crippen LogP contribution in [0.1, 0.15) is 20.7 Å². The van der Waals surface area contributed by atoms with Gasteiger partial charge in [-0.05, 0) is 23.6 Å². The summed E-state index contributed by atoms with van der Waals surface area (Å²) in [6.07, 6.45) is 3.24. The summed E-state index contributed by atoms with van der Waals surface area (Å²) in [5.41, 5.74) is 1.58. The third-order valence-electron chi connectivity index (χ3n) is 3.55. The van der Waals surface area contributed by atoms with E-state index >= 15 is 0 Å². The Bertz CT molecular complexity index is 904. The third-order valence-corrected chi connectivity index (χ3v) is 3.55. The first-order valence-electron chi connectivity index (χ1n) is 6.44. The average molecular weight is 275 g/mol. The number of benzene rings is 2. The molecule has 0 radical (unpaired) electrons. The summed E-state index contributed by atoms with van der Waals surface area (Å²) < 4.78 is 0. The van der Waals surface area contributed by atoms with Crippen LogP contribution >= 0.6 is 0 Å². The van der Waals surface area contributed by atoms with Gasteiger partial charge in [0, 0.05) is 28.9 Å². The Morgan fingerprint density at radius 2 is 1.62 bits per heavy atom. The molecule has 0 unspecified atom stereocenters. The monoisotopic (exact) mass is 275 g/mol. The summed E-state index contributed by atoms with van der Waals surface area (Å²) >= 11 is 0. The number of hydrogen-bond acceptors (Lipinski definition) is 4. The van der Waals surface area contributed by atoms with Gasteiger partial charge < -0.3 is 0 Å². The molecule has 1 aliphatic heterocycles. The van der Waals surface area contributed by atoms with Gasteiger partial charge in [0.15, 0.2) is 5.82 Å². The Balaban J connectivity index is 2.15. The predicted molar refractivity (Wildman–Crippen MR) is 76.8 cm³/mol.